The molecule has 4 rings (SSSR count). The lowest BCUT2D eigenvalue weighted by Gasteiger charge is -2.14. The van der Waals surface area contributed by atoms with Gasteiger partial charge in [-0.25, -0.2) is 9.07 Å². The predicted molar refractivity (Wildman–Crippen MR) is 176 cm³/mol. The molecule has 1 fully saturated rings. The zero-order valence-electron chi connectivity index (χ0n) is 24.8. The Balaban J connectivity index is 1.45. The Labute approximate surface area is 259 Å². The molecule has 3 aromatic rings. The molecule has 1 aliphatic heterocycles. The summed E-state index contributed by atoms with van der Waals surface area (Å²) in [7, 11) is 0. The minimum absolute atomic E-state index is 0.0752. The number of thioether (sulfide) groups is 1. The van der Waals surface area contributed by atoms with Crippen LogP contribution in [0.5, 0.6) is 5.75 Å². The molecule has 0 bridgehead atoms. The number of halogens is 1. The highest BCUT2D eigenvalue weighted by Gasteiger charge is 2.32. The van der Waals surface area contributed by atoms with E-state index in [2.05, 4.69) is 6.92 Å². The maximum atomic E-state index is 14.9. The van der Waals surface area contributed by atoms with Crippen molar-refractivity contribution < 1.29 is 13.9 Å². The number of aromatic nitrogens is 2. The van der Waals surface area contributed by atoms with Crippen molar-refractivity contribution in [2.24, 2.45) is 0 Å². The molecule has 0 aliphatic carbocycles. The van der Waals surface area contributed by atoms with Gasteiger partial charge in [0.25, 0.3) is 5.91 Å². The Morgan fingerprint density at radius 2 is 1.62 bits per heavy atom. The number of hydrogen-bond donors (Lipinski definition) is 0. The average Bonchev–Trinajstić information content (AvgIpc) is 3.54. The van der Waals surface area contributed by atoms with E-state index in [9.17, 15) is 9.18 Å². The molecule has 1 amide bonds. The van der Waals surface area contributed by atoms with Crippen molar-refractivity contribution in [1.29, 1.82) is 0 Å². The zero-order valence-corrected chi connectivity index (χ0v) is 26.5. The first-order valence-corrected chi connectivity index (χ1v) is 16.6. The molecule has 0 unspecified atom stereocenters. The van der Waals surface area contributed by atoms with Gasteiger partial charge >= 0.3 is 0 Å². The van der Waals surface area contributed by atoms with E-state index in [0.29, 0.717) is 33.6 Å². The van der Waals surface area contributed by atoms with Crippen LogP contribution in [0.2, 0.25) is 0 Å². The van der Waals surface area contributed by atoms with E-state index < -0.39 is 5.82 Å². The summed E-state index contributed by atoms with van der Waals surface area (Å²) in [5, 5.41) is 4.79. The molecule has 1 aliphatic rings. The van der Waals surface area contributed by atoms with Crippen LogP contribution in [0.4, 0.5) is 4.39 Å². The standard InChI is InChI=1S/C34H42FN3O2S2/c1-3-5-6-7-8-9-10-11-12-16-21-37-33(39)31(42-34(37)41)24-27-25-38(28-17-14-13-15-18-28)36-32(27)26-19-20-30(29(35)23-26)40-22-4-2/h13-15,17-20,23-25H,3-12,16,21-22H2,1-2H3/b31-24-. The van der Waals surface area contributed by atoms with Crippen molar-refractivity contribution in [2.75, 3.05) is 13.2 Å². The van der Waals surface area contributed by atoms with Gasteiger partial charge in [-0.1, -0.05) is 114 Å². The van der Waals surface area contributed by atoms with E-state index in [-0.39, 0.29) is 11.7 Å². The summed E-state index contributed by atoms with van der Waals surface area (Å²) < 4.78 is 22.8. The van der Waals surface area contributed by atoms with Crippen LogP contribution < -0.4 is 4.74 Å². The van der Waals surface area contributed by atoms with Gasteiger partial charge in [0, 0.05) is 23.9 Å². The highest BCUT2D eigenvalue weighted by molar-refractivity contribution is 8.26. The number of thiocarbonyl (C=S) groups is 1. The molecule has 8 heteroatoms. The zero-order chi connectivity index (χ0) is 29.7. The number of nitrogens with zero attached hydrogens (tertiary/aromatic N) is 3. The molecule has 42 heavy (non-hydrogen) atoms. The molecular formula is C34H42FN3O2S2. The fraction of sp³-hybridized carbons (Fsp3) is 0.441. The minimum atomic E-state index is -0.441. The van der Waals surface area contributed by atoms with Crippen molar-refractivity contribution in [3.05, 3.63) is 71.0 Å². The Kier molecular flexibility index (Phi) is 12.6. The Morgan fingerprint density at radius 3 is 2.29 bits per heavy atom. The molecule has 5 nitrogen and oxygen atoms in total. The molecule has 0 spiro atoms. The van der Waals surface area contributed by atoms with Gasteiger partial charge in [-0.05, 0) is 49.2 Å². The summed E-state index contributed by atoms with van der Waals surface area (Å²) in [4.78, 5) is 15.7. The number of ether oxygens (including phenoxy) is 1. The van der Waals surface area contributed by atoms with E-state index in [1.807, 2.05) is 49.5 Å². The number of para-hydroxylation sites is 1. The fourth-order valence-electron chi connectivity index (χ4n) is 5.00. The molecule has 0 N–H and O–H groups in total. The summed E-state index contributed by atoms with van der Waals surface area (Å²) in [6.45, 7) is 5.32. The summed E-state index contributed by atoms with van der Waals surface area (Å²) >= 11 is 6.92. The van der Waals surface area contributed by atoms with Crippen LogP contribution >= 0.6 is 24.0 Å². The molecule has 1 saturated heterocycles. The highest BCUT2D eigenvalue weighted by atomic mass is 32.2. The van der Waals surface area contributed by atoms with E-state index >= 15 is 0 Å². The number of unbranched alkanes of at least 4 members (excludes halogenated alkanes) is 9. The molecular weight excluding hydrogens is 566 g/mol. The second-order valence-electron chi connectivity index (χ2n) is 10.7. The SMILES string of the molecule is CCCCCCCCCCCCN1C(=O)/C(=C/c2cn(-c3ccccc3)nc2-c2ccc(OCCC)c(F)c2)SC1=S. The second-order valence-corrected chi connectivity index (χ2v) is 12.4. The second kappa shape index (κ2) is 16.6. The molecule has 0 saturated carbocycles. The summed E-state index contributed by atoms with van der Waals surface area (Å²) in [5.41, 5.74) is 2.79. The Morgan fingerprint density at radius 1 is 0.929 bits per heavy atom. The van der Waals surface area contributed by atoms with E-state index in [4.69, 9.17) is 22.1 Å². The molecule has 224 valence electrons. The summed E-state index contributed by atoms with van der Waals surface area (Å²) in [6, 6.07) is 14.6. The predicted octanol–water partition coefficient (Wildman–Crippen LogP) is 9.59. The Bertz CT molecular complexity index is 1360. The monoisotopic (exact) mass is 607 g/mol. The molecule has 2 heterocycles. The van der Waals surface area contributed by atoms with Crippen LogP contribution in [0, 0.1) is 5.82 Å². The first-order chi connectivity index (χ1) is 20.5. The van der Waals surface area contributed by atoms with Crippen LogP contribution in [0.3, 0.4) is 0 Å². The van der Waals surface area contributed by atoms with Crippen LogP contribution in [0.1, 0.15) is 90.0 Å². The third-order valence-corrected chi connectivity index (χ3v) is 8.70. The average molecular weight is 608 g/mol. The van der Waals surface area contributed by atoms with Crippen LogP contribution in [0.15, 0.2) is 59.6 Å². The summed E-state index contributed by atoms with van der Waals surface area (Å²) in [6.07, 6.45) is 16.9. The minimum Gasteiger partial charge on any atom is -0.491 e. The molecule has 1 aromatic heterocycles. The van der Waals surface area contributed by atoms with Gasteiger partial charge in [0.2, 0.25) is 0 Å². The van der Waals surface area contributed by atoms with Gasteiger partial charge in [-0.2, -0.15) is 5.10 Å². The fourth-order valence-corrected chi connectivity index (χ4v) is 6.30. The van der Waals surface area contributed by atoms with Crippen molar-refractivity contribution in [3.63, 3.8) is 0 Å². The van der Waals surface area contributed by atoms with Crippen molar-refractivity contribution in [3.8, 4) is 22.7 Å². The molecule has 2 aromatic carbocycles. The van der Waals surface area contributed by atoms with Gasteiger partial charge in [0.15, 0.2) is 11.6 Å². The van der Waals surface area contributed by atoms with E-state index in [0.717, 1.165) is 30.5 Å². The summed E-state index contributed by atoms with van der Waals surface area (Å²) in [5.74, 6) is -0.296. The maximum absolute atomic E-state index is 14.9. The van der Waals surface area contributed by atoms with Gasteiger partial charge < -0.3 is 4.74 Å². The number of hydrogen-bond acceptors (Lipinski definition) is 5. The van der Waals surface area contributed by atoms with Crippen LogP contribution in [-0.4, -0.2) is 38.1 Å². The van der Waals surface area contributed by atoms with Crippen LogP contribution in [0.25, 0.3) is 23.0 Å². The number of rotatable bonds is 17. The Hall–Kier alpha value is -2.97. The number of benzene rings is 2. The topological polar surface area (TPSA) is 47.4 Å². The third kappa shape index (κ3) is 8.77. The van der Waals surface area contributed by atoms with Crippen LogP contribution in [-0.2, 0) is 4.79 Å². The van der Waals surface area contributed by atoms with Gasteiger partial charge in [-0.3, -0.25) is 9.69 Å². The third-order valence-electron chi connectivity index (χ3n) is 7.33. The number of amides is 1. The largest absolute Gasteiger partial charge is 0.491 e. The molecule has 0 radical (unpaired) electrons. The highest BCUT2D eigenvalue weighted by Crippen LogP contribution is 2.36. The van der Waals surface area contributed by atoms with Crippen molar-refractivity contribution in [2.45, 2.75) is 84.5 Å². The quantitative estimate of drug-likeness (QED) is 0.0869. The van der Waals surface area contributed by atoms with Gasteiger partial charge in [0.05, 0.1) is 17.2 Å². The van der Waals surface area contributed by atoms with E-state index in [1.54, 1.807) is 21.7 Å². The number of carbonyl (C=O) groups excluding carboxylic acids is 1. The maximum Gasteiger partial charge on any atom is 0.266 e. The number of carbonyl (C=O) groups is 1. The van der Waals surface area contributed by atoms with Crippen molar-refractivity contribution >= 4 is 40.3 Å². The smallest absolute Gasteiger partial charge is 0.266 e. The van der Waals surface area contributed by atoms with Gasteiger partial charge in [-0.15, -0.1) is 0 Å². The molecule has 0 atom stereocenters. The normalized spacial score (nSPS) is 14.4. The lowest BCUT2D eigenvalue weighted by molar-refractivity contribution is -0.122. The lowest BCUT2D eigenvalue weighted by Crippen LogP contribution is -2.29. The van der Waals surface area contributed by atoms with Crippen molar-refractivity contribution in [1.82, 2.24) is 14.7 Å². The van der Waals surface area contributed by atoms with E-state index in [1.165, 1.54) is 69.2 Å². The first-order valence-electron chi connectivity index (χ1n) is 15.3. The van der Waals surface area contributed by atoms with Gasteiger partial charge in [0.1, 0.15) is 10.0 Å². The first kappa shape index (κ1) is 32.0. The lowest BCUT2D eigenvalue weighted by atomic mass is 10.1.